The van der Waals surface area contributed by atoms with E-state index >= 15 is 0 Å². The summed E-state index contributed by atoms with van der Waals surface area (Å²) in [5.41, 5.74) is 8.61. The van der Waals surface area contributed by atoms with E-state index in [-0.39, 0.29) is 5.82 Å². The summed E-state index contributed by atoms with van der Waals surface area (Å²) in [6.45, 7) is 0.734. The lowest BCUT2D eigenvalue weighted by Crippen LogP contribution is -2.05. The van der Waals surface area contributed by atoms with E-state index in [1.54, 1.807) is 6.07 Å². The number of nitrogens with zero attached hydrogens (tertiary/aromatic N) is 2. The van der Waals surface area contributed by atoms with Gasteiger partial charge in [0.25, 0.3) is 0 Å². The molecule has 1 heterocycles. The molecule has 19 heavy (non-hydrogen) atoms. The Morgan fingerprint density at radius 2 is 1.89 bits per heavy atom. The molecule has 2 aromatic carbocycles. The lowest BCUT2D eigenvalue weighted by Gasteiger charge is -2.06. The van der Waals surface area contributed by atoms with E-state index in [2.05, 4.69) is 17.1 Å². The molecule has 4 heteroatoms. The van der Waals surface area contributed by atoms with Crippen molar-refractivity contribution in [1.29, 1.82) is 0 Å². The fraction of sp³-hybridized carbons (Fsp3) is 0.133. The number of hydrogen-bond acceptors (Lipinski definition) is 2. The van der Waals surface area contributed by atoms with E-state index in [1.165, 1.54) is 17.7 Å². The Kier molecular flexibility index (Phi) is 2.91. The number of aromatic nitrogens is 2. The first-order valence-electron chi connectivity index (χ1n) is 6.19. The SMILES string of the molecule is Nc1nc2cc(F)ccc2n1CCc1ccccc1. The van der Waals surface area contributed by atoms with Gasteiger partial charge in [0, 0.05) is 12.6 Å². The maximum atomic E-state index is 13.1. The van der Waals surface area contributed by atoms with Crippen molar-refractivity contribution >= 4 is 17.0 Å². The number of hydrogen-bond donors (Lipinski definition) is 1. The average Bonchev–Trinajstić information content (AvgIpc) is 2.72. The summed E-state index contributed by atoms with van der Waals surface area (Å²) < 4.78 is 15.1. The Balaban J connectivity index is 1.90. The van der Waals surface area contributed by atoms with Crippen molar-refractivity contribution in [1.82, 2.24) is 9.55 Å². The van der Waals surface area contributed by atoms with E-state index in [4.69, 9.17) is 5.73 Å². The third-order valence-electron chi connectivity index (χ3n) is 3.21. The highest BCUT2D eigenvalue weighted by Gasteiger charge is 2.08. The van der Waals surface area contributed by atoms with Crippen molar-refractivity contribution in [2.45, 2.75) is 13.0 Å². The number of rotatable bonds is 3. The van der Waals surface area contributed by atoms with Crippen LogP contribution in [0.4, 0.5) is 10.3 Å². The second-order valence-corrected chi connectivity index (χ2v) is 4.49. The smallest absolute Gasteiger partial charge is 0.201 e. The van der Waals surface area contributed by atoms with E-state index in [9.17, 15) is 4.39 Å². The number of aryl methyl sites for hydroxylation is 2. The summed E-state index contributed by atoms with van der Waals surface area (Å²) in [7, 11) is 0. The highest BCUT2D eigenvalue weighted by Crippen LogP contribution is 2.19. The molecule has 0 aliphatic rings. The van der Waals surface area contributed by atoms with E-state index < -0.39 is 0 Å². The average molecular weight is 255 g/mol. The minimum Gasteiger partial charge on any atom is -0.369 e. The third-order valence-corrected chi connectivity index (χ3v) is 3.21. The van der Waals surface area contributed by atoms with Gasteiger partial charge in [-0.15, -0.1) is 0 Å². The second kappa shape index (κ2) is 4.72. The van der Waals surface area contributed by atoms with Crippen LogP contribution in [0.5, 0.6) is 0 Å². The predicted octanol–water partition coefficient (Wildman–Crippen LogP) is 3.00. The van der Waals surface area contributed by atoms with Crippen molar-refractivity contribution in [2.75, 3.05) is 5.73 Å². The van der Waals surface area contributed by atoms with Crippen molar-refractivity contribution in [3.63, 3.8) is 0 Å². The molecule has 0 amide bonds. The Morgan fingerprint density at radius 1 is 1.11 bits per heavy atom. The molecule has 3 rings (SSSR count). The predicted molar refractivity (Wildman–Crippen MR) is 74.2 cm³/mol. The molecule has 0 unspecified atom stereocenters. The summed E-state index contributed by atoms with van der Waals surface area (Å²) in [5.74, 6) is 0.136. The van der Waals surface area contributed by atoms with Gasteiger partial charge in [-0.25, -0.2) is 9.37 Å². The summed E-state index contributed by atoms with van der Waals surface area (Å²) >= 11 is 0. The zero-order valence-electron chi connectivity index (χ0n) is 10.4. The van der Waals surface area contributed by atoms with Crippen molar-refractivity contribution in [2.24, 2.45) is 0 Å². The van der Waals surface area contributed by atoms with Crippen LogP contribution in [0.25, 0.3) is 11.0 Å². The molecule has 96 valence electrons. The van der Waals surface area contributed by atoms with Gasteiger partial charge in [0.2, 0.25) is 5.95 Å². The molecule has 1 aromatic heterocycles. The maximum absolute atomic E-state index is 13.1. The Labute approximate surface area is 110 Å². The fourth-order valence-electron chi connectivity index (χ4n) is 2.24. The quantitative estimate of drug-likeness (QED) is 0.781. The van der Waals surface area contributed by atoms with Gasteiger partial charge in [0.05, 0.1) is 11.0 Å². The van der Waals surface area contributed by atoms with E-state index in [0.29, 0.717) is 11.5 Å². The Bertz CT molecular complexity index is 704. The summed E-state index contributed by atoms with van der Waals surface area (Å²) in [5, 5.41) is 0. The van der Waals surface area contributed by atoms with Gasteiger partial charge in [-0.2, -0.15) is 0 Å². The number of nitrogens with two attached hydrogens (primary N) is 1. The molecule has 3 aromatic rings. The van der Waals surface area contributed by atoms with Gasteiger partial charge in [-0.05, 0) is 24.1 Å². The Morgan fingerprint density at radius 3 is 2.68 bits per heavy atom. The Hall–Kier alpha value is -2.36. The van der Waals surface area contributed by atoms with Crippen LogP contribution in [0.3, 0.4) is 0 Å². The van der Waals surface area contributed by atoms with Crippen LogP contribution >= 0.6 is 0 Å². The minimum atomic E-state index is -0.291. The molecule has 3 nitrogen and oxygen atoms in total. The molecule has 0 aliphatic carbocycles. The fourth-order valence-corrected chi connectivity index (χ4v) is 2.24. The van der Waals surface area contributed by atoms with Crippen molar-refractivity contribution < 1.29 is 4.39 Å². The van der Waals surface area contributed by atoms with Crippen LogP contribution in [0.15, 0.2) is 48.5 Å². The molecule has 0 bridgehead atoms. The molecule has 0 spiro atoms. The molecular weight excluding hydrogens is 241 g/mol. The lowest BCUT2D eigenvalue weighted by molar-refractivity contribution is 0.629. The van der Waals surface area contributed by atoms with Gasteiger partial charge in [0.1, 0.15) is 5.82 Å². The zero-order valence-corrected chi connectivity index (χ0v) is 10.4. The highest BCUT2D eigenvalue weighted by molar-refractivity contribution is 5.78. The van der Waals surface area contributed by atoms with Crippen LogP contribution in [-0.2, 0) is 13.0 Å². The van der Waals surface area contributed by atoms with Gasteiger partial charge in [-0.1, -0.05) is 30.3 Å². The van der Waals surface area contributed by atoms with Gasteiger partial charge in [0.15, 0.2) is 0 Å². The number of anilines is 1. The van der Waals surface area contributed by atoms with Crippen LogP contribution in [-0.4, -0.2) is 9.55 Å². The van der Waals surface area contributed by atoms with E-state index in [0.717, 1.165) is 18.5 Å². The molecule has 0 saturated heterocycles. The molecule has 0 radical (unpaired) electrons. The van der Waals surface area contributed by atoms with Crippen LogP contribution in [0.2, 0.25) is 0 Å². The topological polar surface area (TPSA) is 43.8 Å². The molecule has 0 fully saturated rings. The molecule has 2 N–H and O–H groups in total. The summed E-state index contributed by atoms with van der Waals surface area (Å²) in [4.78, 5) is 4.19. The number of halogens is 1. The zero-order chi connectivity index (χ0) is 13.2. The summed E-state index contributed by atoms with van der Waals surface area (Å²) in [6.07, 6.45) is 0.869. The van der Waals surface area contributed by atoms with Crippen LogP contribution < -0.4 is 5.73 Å². The number of nitrogen functional groups attached to an aromatic ring is 1. The van der Waals surface area contributed by atoms with Gasteiger partial charge in [-0.3, -0.25) is 0 Å². The number of fused-ring (bicyclic) bond motifs is 1. The third kappa shape index (κ3) is 2.29. The normalized spacial score (nSPS) is 11.0. The monoisotopic (exact) mass is 255 g/mol. The number of benzene rings is 2. The lowest BCUT2D eigenvalue weighted by atomic mass is 10.1. The van der Waals surface area contributed by atoms with Gasteiger partial charge >= 0.3 is 0 Å². The molecule has 0 atom stereocenters. The summed E-state index contributed by atoms with van der Waals surface area (Å²) in [6, 6.07) is 14.7. The second-order valence-electron chi connectivity index (χ2n) is 4.49. The standard InChI is InChI=1S/C15H14FN3/c16-12-6-7-14-13(10-12)18-15(17)19(14)9-8-11-4-2-1-3-5-11/h1-7,10H,8-9H2,(H2,17,18). The first-order valence-corrected chi connectivity index (χ1v) is 6.19. The van der Waals surface area contributed by atoms with Crippen molar-refractivity contribution in [3.8, 4) is 0 Å². The maximum Gasteiger partial charge on any atom is 0.201 e. The van der Waals surface area contributed by atoms with Crippen LogP contribution in [0, 0.1) is 5.82 Å². The largest absolute Gasteiger partial charge is 0.369 e. The van der Waals surface area contributed by atoms with Crippen molar-refractivity contribution in [3.05, 3.63) is 59.9 Å². The first-order chi connectivity index (χ1) is 9.24. The van der Waals surface area contributed by atoms with Crippen LogP contribution in [0.1, 0.15) is 5.56 Å². The first kappa shape index (κ1) is 11.7. The molecule has 0 aliphatic heterocycles. The molecular formula is C15H14FN3. The minimum absolute atomic E-state index is 0.291. The van der Waals surface area contributed by atoms with Gasteiger partial charge < -0.3 is 10.3 Å². The molecule has 0 saturated carbocycles. The van der Waals surface area contributed by atoms with E-state index in [1.807, 2.05) is 22.8 Å². The highest BCUT2D eigenvalue weighted by atomic mass is 19.1. The number of imidazole rings is 1.